The minimum Gasteiger partial charge on any atom is -0.390 e. The van der Waals surface area contributed by atoms with E-state index in [0.717, 1.165) is 15.7 Å². The number of aromatic amines is 1. The van der Waals surface area contributed by atoms with Crippen LogP contribution < -0.4 is 58.8 Å². The van der Waals surface area contributed by atoms with Gasteiger partial charge in [0.15, 0.2) is 5.75 Å². The molecule has 0 fully saturated rings. The fourth-order valence-corrected chi connectivity index (χ4v) is 9.86. The van der Waals surface area contributed by atoms with E-state index in [9.17, 15) is 53.1 Å². The highest BCUT2D eigenvalue weighted by molar-refractivity contribution is 6.32. The number of carbonyl (C=O) groups excluding carboxylic acids is 10. The van der Waals surface area contributed by atoms with Crippen LogP contribution in [0.5, 0.6) is 5.75 Å². The van der Waals surface area contributed by atoms with Gasteiger partial charge in [0.2, 0.25) is 53.2 Å². The molecule has 0 aliphatic heterocycles. The van der Waals surface area contributed by atoms with Crippen molar-refractivity contribution in [2.24, 2.45) is 36.3 Å². The van der Waals surface area contributed by atoms with Gasteiger partial charge in [0.25, 0.3) is 5.91 Å². The maximum absolute atomic E-state index is 14.4. The van der Waals surface area contributed by atoms with Crippen molar-refractivity contribution in [1.82, 2.24) is 72.2 Å². The molecule has 0 saturated carbocycles. The second-order valence-corrected chi connectivity index (χ2v) is 23.4. The third-order valence-electron chi connectivity index (χ3n) is 14.4. The van der Waals surface area contributed by atoms with Crippen molar-refractivity contribution in [1.29, 1.82) is 0 Å². The highest BCUT2D eigenvalue weighted by Crippen LogP contribution is 2.27. The molecule has 0 saturated heterocycles. The van der Waals surface area contributed by atoms with Crippen LogP contribution in [0.15, 0.2) is 85.5 Å². The lowest BCUT2D eigenvalue weighted by molar-refractivity contribution is -0.134. The van der Waals surface area contributed by atoms with E-state index in [-0.39, 0.29) is 66.7 Å². The molecule has 0 bridgehead atoms. The van der Waals surface area contributed by atoms with Gasteiger partial charge in [-0.15, -0.1) is 5.10 Å². The Morgan fingerprint density at radius 1 is 0.708 bits per heavy atom. The molecule has 3 aromatic heterocycles. The van der Waals surface area contributed by atoms with E-state index in [4.69, 9.17) is 27.9 Å². The van der Waals surface area contributed by atoms with Gasteiger partial charge in [0, 0.05) is 60.9 Å². The maximum Gasteiger partial charge on any atom is 0.251 e. The number of para-hydroxylation sites is 2. The zero-order valence-electron chi connectivity index (χ0n) is 50.8. The lowest BCUT2D eigenvalue weighted by Crippen LogP contribution is -2.59. The van der Waals surface area contributed by atoms with Crippen LogP contribution in [-0.2, 0) is 63.0 Å². The quantitative estimate of drug-likeness (QED) is 0.0274. The number of primary amides is 2. The number of aryl methyl sites for hydroxylation is 1. The van der Waals surface area contributed by atoms with Gasteiger partial charge in [-0.3, -0.25) is 47.9 Å². The molecule has 0 aliphatic carbocycles. The lowest BCUT2D eigenvalue weighted by Gasteiger charge is -2.28. The second-order valence-electron chi connectivity index (χ2n) is 23.0. The Morgan fingerprint density at radius 3 is 2.03 bits per heavy atom. The van der Waals surface area contributed by atoms with Gasteiger partial charge in [-0.1, -0.05) is 88.3 Å². The number of imidazole rings is 1. The number of rotatable bonds is 33. The minimum atomic E-state index is -1.44. The zero-order valence-corrected chi connectivity index (χ0v) is 51.6. The second kappa shape index (κ2) is 32.0. The monoisotopic (exact) mass is 1250 g/mol. The Morgan fingerprint density at radius 2 is 1.37 bits per heavy atom. The largest absolute Gasteiger partial charge is 0.390 e. The smallest absolute Gasteiger partial charge is 0.251 e. The average molecular weight is 1250 g/mol. The van der Waals surface area contributed by atoms with E-state index in [1.165, 1.54) is 37.6 Å². The molecule has 28 nitrogen and oxygen atoms in total. The highest BCUT2D eigenvalue weighted by Gasteiger charge is 2.34. The van der Waals surface area contributed by atoms with Gasteiger partial charge in [0.1, 0.15) is 47.3 Å². The molecular formula is C60H79ClN16O12. The van der Waals surface area contributed by atoms with E-state index < -0.39 is 126 Å². The zero-order chi connectivity index (χ0) is 65.2. The summed E-state index contributed by atoms with van der Waals surface area (Å²) >= 11 is 6.56. The van der Waals surface area contributed by atoms with Crippen molar-refractivity contribution in [2.45, 2.75) is 142 Å². The summed E-state index contributed by atoms with van der Waals surface area (Å²) in [4.78, 5) is 149. The Kier molecular flexibility index (Phi) is 24.7. The van der Waals surface area contributed by atoms with E-state index >= 15 is 0 Å². The number of benzene rings is 3. The van der Waals surface area contributed by atoms with E-state index in [1.54, 1.807) is 74.1 Å². The van der Waals surface area contributed by atoms with Crippen LogP contribution >= 0.6 is 11.6 Å². The number of H-pyrrole nitrogens is 1. The van der Waals surface area contributed by atoms with E-state index in [0.29, 0.717) is 22.3 Å². The van der Waals surface area contributed by atoms with Crippen molar-refractivity contribution in [2.75, 3.05) is 6.54 Å². The predicted octanol–water partition coefficient (Wildman–Crippen LogP) is 1.02. The van der Waals surface area contributed by atoms with Crippen molar-refractivity contribution in [3.8, 4) is 5.75 Å². The topological polar surface area (TPSA) is 413 Å². The molecular weight excluding hydrogens is 1170 g/mol. The van der Waals surface area contributed by atoms with Gasteiger partial charge < -0.3 is 73.5 Å². The number of aliphatic hydroxyl groups is 1. The van der Waals surface area contributed by atoms with E-state index in [1.807, 2.05) is 33.8 Å². The van der Waals surface area contributed by atoms with Gasteiger partial charge in [-0.2, -0.15) is 0 Å². The summed E-state index contributed by atoms with van der Waals surface area (Å²) in [5.74, 6) is -8.31. The predicted molar refractivity (Wildman–Crippen MR) is 327 cm³/mol. The molecule has 3 heterocycles. The number of nitrogens with zero attached hydrogens (tertiary/aromatic N) is 5. The summed E-state index contributed by atoms with van der Waals surface area (Å²) < 4.78 is 1.64. The molecule has 14 N–H and O–H groups in total. The molecule has 0 radical (unpaired) electrons. The summed E-state index contributed by atoms with van der Waals surface area (Å²) in [5, 5.41) is 41.1. The molecule has 6 rings (SSSR count). The summed E-state index contributed by atoms with van der Waals surface area (Å²) in [5.41, 5.74) is 14.0. The number of amides is 10. The Hall–Kier alpha value is -9.44. The summed E-state index contributed by atoms with van der Waals surface area (Å²) in [6.07, 6.45) is 2.42. The van der Waals surface area contributed by atoms with Crippen molar-refractivity contribution >= 4 is 92.6 Å². The van der Waals surface area contributed by atoms with Crippen LogP contribution in [0.2, 0.25) is 5.02 Å². The molecule has 8 atom stereocenters. The number of aromatic nitrogens is 6. The van der Waals surface area contributed by atoms with Crippen LogP contribution in [0.3, 0.4) is 0 Å². The normalized spacial score (nSPS) is 14.1. The van der Waals surface area contributed by atoms with Gasteiger partial charge in [0.05, 0.1) is 36.5 Å². The fraction of sp³-hybridized carbons (Fsp3) is 0.450. The Bertz CT molecular complexity index is 3510. The van der Waals surface area contributed by atoms with Crippen LogP contribution in [-0.4, -0.2) is 149 Å². The van der Waals surface area contributed by atoms with Crippen molar-refractivity contribution < 1.29 is 57.9 Å². The molecule has 3 aromatic carbocycles. The van der Waals surface area contributed by atoms with Gasteiger partial charge >= 0.3 is 0 Å². The first-order valence-electron chi connectivity index (χ1n) is 29.1. The fourth-order valence-electron chi connectivity index (χ4n) is 9.64. The molecule has 6 aromatic rings. The lowest BCUT2D eigenvalue weighted by atomic mass is 9.96. The first-order valence-corrected chi connectivity index (χ1v) is 29.5. The number of hydrogen-bond acceptors (Lipinski definition) is 15. The first kappa shape index (κ1) is 68.7. The van der Waals surface area contributed by atoms with Gasteiger partial charge in [-0.05, 0) is 91.1 Å². The van der Waals surface area contributed by atoms with Crippen molar-refractivity contribution in [3.63, 3.8) is 0 Å². The average Bonchev–Trinajstić information content (AvgIpc) is 3.20. The third kappa shape index (κ3) is 20.0. The minimum absolute atomic E-state index is 0.00320. The first-order chi connectivity index (χ1) is 42.2. The van der Waals surface area contributed by atoms with Gasteiger partial charge in [-0.25, -0.2) is 4.98 Å². The molecule has 478 valence electrons. The number of halogens is 1. The summed E-state index contributed by atoms with van der Waals surface area (Å²) in [6, 6.07) is 9.64. The molecule has 0 unspecified atom stereocenters. The highest BCUT2D eigenvalue weighted by atomic mass is 35.5. The number of hydrogen-bond donors (Lipinski definition) is 12. The number of fused-ring (bicyclic) bond motifs is 2. The molecule has 89 heavy (non-hydrogen) atoms. The van der Waals surface area contributed by atoms with Crippen molar-refractivity contribution in [3.05, 3.63) is 107 Å². The SMILES string of the molecule is CC(C)C[C@H](NC(=O)C[C@H](O)[C@H](CC(C)C)NC(=O)[C@H](Cc1cncn1C)NC(=O)CNC(=O)[C@@H](NC(=O)[C@H](C)NC(=O)[C@H](Cc1c[nH]c2ccccc12)NC(=O)[C@H](CCC(N)=O)NC(=O)c1ccc(On2nnc3ccccc32)c(Cl)c1)C(C)C)C(N)=O. The van der Waals surface area contributed by atoms with Crippen LogP contribution in [0.1, 0.15) is 102 Å². The summed E-state index contributed by atoms with van der Waals surface area (Å²) in [6.45, 7) is 11.4. The maximum atomic E-state index is 14.4. The standard InChI is InChI=1S/C60H79ClN16O12/c1-31(2)21-43(48(78)26-51(80)68-44(54(63)82)22-32(3)4)71-59(87)46(25-37-28-64-30-76(37)8)69-52(81)29-66-60(88)53(33(5)6)73-55(83)34(7)67-58(86)45(24-36-27-65-40-14-10-9-13-38(36)40)72-57(85)42(18-20-50(62)79)70-56(84)35-17-19-49(39(61)23-35)89-77-47-16-12-11-15-41(47)74-75-77/h9-17,19,23,27-28,30-34,42-46,48,53,65,78H,18,20-22,24-26,29H2,1-8H3,(H2,62,79)(H2,63,82)(H,66,88)(H,67,86)(H,68,80)(H,69,81)(H,70,84)(H,71,87)(H,72,85)(H,73,83)/t34-,42-,43-,44-,45-,46-,48-,53-/m0/s1. The molecule has 10 amide bonds. The molecule has 0 aliphatic rings. The van der Waals surface area contributed by atoms with Crippen LogP contribution in [0.25, 0.3) is 21.9 Å². The number of nitrogens with one attached hydrogen (secondary N) is 9. The van der Waals surface area contributed by atoms with Crippen LogP contribution in [0.4, 0.5) is 0 Å². The van der Waals surface area contributed by atoms with E-state index in [2.05, 4.69) is 62.8 Å². The van der Waals surface area contributed by atoms with Crippen LogP contribution in [0, 0.1) is 17.8 Å². The molecule has 29 heteroatoms. The Labute approximate surface area is 518 Å². The molecule has 0 spiro atoms. The number of aliphatic hydroxyl groups excluding tert-OH is 1. The Balaban J connectivity index is 1.11. The number of carbonyl (C=O) groups is 10. The summed E-state index contributed by atoms with van der Waals surface area (Å²) in [7, 11) is 1.69. The number of nitrogens with two attached hydrogens (primary N) is 2. The third-order valence-corrected chi connectivity index (χ3v) is 14.7.